The molecule has 0 aliphatic carbocycles. The Morgan fingerprint density at radius 2 is 2.11 bits per heavy atom. The van der Waals surface area contributed by atoms with Crippen LogP contribution < -0.4 is 25.8 Å². The third kappa shape index (κ3) is 2.76. The van der Waals surface area contributed by atoms with Crippen LogP contribution in [0, 0.1) is 5.41 Å². The fourth-order valence-electron chi connectivity index (χ4n) is 3.62. The fraction of sp³-hybridized carbons (Fsp3) is 0.333. The van der Waals surface area contributed by atoms with E-state index in [4.69, 9.17) is 15.1 Å². The molecular formula is C18H20N8O. The van der Waals surface area contributed by atoms with Crippen LogP contribution in [0.2, 0.25) is 0 Å². The van der Waals surface area contributed by atoms with Crippen molar-refractivity contribution in [2.24, 2.45) is 4.99 Å². The molecule has 1 fully saturated rings. The van der Waals surface area contributed by atoms with Crippen LogP contribution in [0.3, 0.4) is 0 Å². The molecule has 3 N–H and O–H groups in total. The molecule has 0 unspecified atom stereocenters. The maximum absolute atomic E-state index is 8.30. The maximum Gasteiger partial charge on any atom is 0.165 e. The van der Waals surface area contributed by atoms with Crippen molar-refractivity contribution >= 4 is 41.3 Å². The number of aromatic amines is 1. The second-order valence-electron chi connectivity index (χ2n) is 6.59. The monoisotopic (exact) mass is 364 g/mol. The van der Waals surface area contributed by atoms with Crippen molar-refractivity contribution in [3.8, 4) is 0 Å². The molecule has 0 saturated carbocycles. The number of H-pyrrole nitrogens is 1. The quantitative estimate of drug-likeness (QED) is 0.694. The summed E-state index contributed by atoms with van der Waals surface area (Å²) < 4.78 is 5.49. The second kappa shape index (κ2) is 6.51. The van der Waals surface area contributed by atoms with Gasteiger partial charge in [0.05, 0.1) is 19.4 Å². The second-order valence-corrected chi connectivity index (χ2v) is 6.59. The zero-order valence-electron chi connectivity index (χ0n) is 14.8. The number of fused-ring (bicyclic) bond motifs is 1. The van der Waals surface area contributed by atoms with Gasteiger partial charge in [0, 0.05) is 42.4 Å². The Bertz CT molecular complexity index is 1020. The zero-order chi connectivity index (χ0) is 18.2. The molecule has 0 spiro atoms. The van der Waals surface area contributed by atoms with Gasteiger partial charge in [-0.15, -0.1) is 0 Å². The summed E-state index contributed by atoms with van der Waals surface area (Å²) in [5.74, 6) is 2.83. The van der Waals surface area contributed by atoms with Crippen LogP contribution in [-0.2, 0) is 4.74 Å². The van der Waals surface area contributed by atoms with Gasteiger partial charge in [-0.3, -0.25) is 15.9 Å². The van der Waals surface area contributed by atoms with Crippen LogP contribution in [0.4, 0.5) is 17.5 Å². The number of anilines is 3. The molecular weight excluding hydrogens is 344 g/mol. The van der Waals surface area contributed by atoms with E-state index in [1.54, 1.807) is 6.20 Å². The SMILES string of the molecule is N=C1N=CCC/C1=c1/cc(N2CCOCC2)nc2c1=CNN2c1ccn[nH]1. The third-order valence-corrected chi connectivity index (χ3v) is 4.99. The lowest BCUT2D eigenvalue weighted by Crippen LogP contribution is -2.40. The lowest BCUT2D eigenvalue weighted by molar-refractivity contribution is 0.122. The van der Waals surface area contributed by atoms with E-state index in [1.807, 2.05) is 23.5 Å². The molecule has 27 heavy (non-hydrogen) atoms. The van der Waals surface area contributed by atoms with Crippen molar-refractivity contribution < 1.29 is 4.74 Å². The molecule has 3 aliphatic rings. The molecule has 5 heterocycles. The van der Waals surface area contributed by atoms with Crippen molar-refractivity contribution in [1.29, 1.82) is 5.41 Å². The molecule has 0 bridgehead atoms. The Hall–Kier alpha value is -3.20. The van der Waals surface area contributed by atoms with Crippen molar-refractivity contribution in [1.82, 2.24) is 20.6 Å². The number of ether oxygens (including phenoxy) is 1. The molecule has 138 valence electrons. The van der Waals surface area contributed by atoms with Crippen molar-refractivity contribution in [3.63, 3.8) is 0 Å². The number of amidine groups is 1. The van der Waals surface area contributed by atoms with Crippen LogP contribution in [-0.4, -0.2) is 53.5 Å². The first kappa shape index (κ1) is 16.0. The lowest BCUT2D eigenvalue weighted by atomic mass is 10.0. The smallest absolute Gasteiger partial charge is 0.165 e. The van der Waals surface area contributed by atoms with E-state index in [0.29, 0.717) is 19.0 Å². The Morgan fingerprint density at radius 1 is 1.22 bits per heavy atom. The van der Waals surface area contributed by atoms with Gasteiger partial charge >= 0.3 is 0 Å². The highest BCUT2D eigenvalue weighted by molar-refractivity contribution is 6.19. The summed E-state index contributed by atoms with van der Waals surface area (Å²) in [6.07, 6.45) is 7.11. The maximum atomic E-state index is 8.30. The zero-order valence-corrected chi connectivity index (χ0v) is 14.8. The summed E-state index contributed by atoms with van der Waals surface area (Å²) in [5, 5.41) is 19.2. The predicted molar refractivity (Wildman–Crippen MR) is 104 cm³/mol. The molecule has 1 saturated heterocycles. The van der Waals surface area contributed by atoms with Crippen molar-refractivity contribution in [3.05, 3.63) is 28.8 Å². The number of hydrogen-bond donors (Lipinski definition) is 3. The topological polar surface area (TPSA) is 106 Å². The minimum atomic E-state index is 0.330. The normalized spacial score (nSPS) is 21.1. The molecule has 5 rings (SSSR count). The molecule has 0 atom stereocenters. The van der Waals surface area contributed by atoms with Crippen molar-refractivity contribution in [2.75, 3.05) is 36.2 Å². The Kier molecular flexibility index (Phi) is 3.86. The van der Waals surface area contributed by atoms with Crippen LogP contribution in [0.15, 0.2) is 23.3 Å². The molecule has 0 amide bonds. The van der Waals surface area contributed by atoms with Gasteiger partial charge in [-0.2, -0.15) is 5.10 Å². The summed E-state index contributed by atoms with van der Waals surface area (Å²) in [7, 11) is 0. The average molecular weight is 364 g/mol. The van der Waals surface area contributed by atoms with Gasteiger partial charge in [0.2, 0.25) is 0 Å². The van der Waals surface area contributed by atoms with Crippen LogP contribution in [0.1, 0.15) is 12.8 Å². The number of hydrogen-bond acceptors (Lipinski definition) is 7. The molecule has 2 aromatic heterocycles. The van der Waals surface area contributed by atoms with Crippen molar-refractivity contribution in [2.45, 2.75) is 12.8 Å². The van der Waals surface area contributed by atoms with E-state index >= 15 is 0 Å². The Morgan fingerprint density at radius 3 is 2.89 bits per heavy atom. The molecule has 9 nitrogen and oxygen atoms in total. The summed E-state index contributed by atoms with van der Waals surface area (Å²) in [6, 6.07) is 3.97. The molecule has 0 aromatic carbocycles. The summed E-state index contributed by atoms with van der Waals surface area (Å²) >= 11 is 0. The lowest BCUT2D eigenvalue weighted by Gasteiger charge is -2.28. The summed E-state index contributed by atoms with van der Waals surface area (Å²) in [5.41, 5.74) is 4.21. The van der Waals surface area contributed by atoms with E-state index in [1.165, 1.54) is 0 Å². The summed E-state index contributed by atoms with van der Waals surface area (Å²) in [4.78, 5) is 11.4. The molecule has 9 heteroatoms. The standard InChI is InChI=1S/C18H20N8O/c19-17-12(2-1-4-20-17)13-10-16(25-6-8-27-9-7-25)23-18-14(13)11-22-26(18)15-3-5-21-24-15/h3-5,10-11,19,22H,1-2,6-9H2,(H,21,24)/b13-12+,19-17?. The van der Waals surface area contributed by atoms with E-state index < -0.39 is 0 Å². The van der Waals surface area contributed by atoms with Gasteiger partial charge < -0.3 is 9.64 Å². The van der Waals surface area contributed by atoms with Gasteiger partial charge in [-0.1, -0.05) is 0 Å². The first-order chi connectivity index (χ1) is 13.3. The van der Waals surface area contributed by atoms with E-state index in [9.17, 15) is 0 Å². The van der Waals surface area contributed by atoms with E-state index in [-0.39, 0.29) is 0 Å². The highest BCUT2D eigenvalue weighted by atomic mass is 16.5. The van der Waals surface area contributed by atoms with Gasteiger partial charge in [0.25, 0.3) is 0 Å². The Labute approximate surface area is 155 Å². The minimum Gasteiger partial charge on any atom is -0.378 e. The molecule has 2 aromatic rings. The first-order valence-electron chi connectivity index (χ1n) is 9.05. The minimum absolute atomic E-state index is 0.330. The number of rotatable bonds is 2. The fourth-order valence-corrected chi connectivity index (χ4v) is 3.62. The number of morpholine rings is 1. The van der Waals surface area contributed by atoms with E-state index in [2.05, 4.69) is 31.6 Å². The van der Waals surface area contributed by atoms with Crippen LogP contribution >= 0.6 is 0 Å². The summed E-state index contributed by atoms with van der Waals surface area (Å²) in [6.45, 7) is 2.99. The van der Waals surface area contributed by atoms with Gasteiger partial charge in [-0.05, 0) is 24.1 Å². The average Bonchev–Trinajstić information content (AvgIpc) is 3.38. The highest BCUT2D eigenvalue weighted by Gasteiger charge is 2.23. The number of hydrazine groups is 1. The molecule has 0 radical (unpaired) electrons. The largest absolute Gasteiger partial charge is 0.378 e. The first-order valence-corrected chi connectivity index (χ1v) is 9.05. The number of aliphatic imine (C=N–C) groups is 1. The highest BCUT2D eigenvalue weighted by Crippen LogP contribution is 2.21. The number of aromatic nitrogens is 3. The van der Waals surface area contributed by atoms with Crippen LogP contribution in [0.25, 0.3) is 11.8 Å². The Balaban J connectivity index is 1.72. The predicted octanol–water partition coefficient (Wildman–Crippen LogP) is 0.0282. The van der Waals surface area contributed by atoms with Gasteiger partial charge in [0.1, 0.15) is 17.5 Å². The third-order valence-electron chi connectivity index (χ3n) is 4.99. The van der Waals surface area contributed by atoms with Crippen LogP contribution in [0.5, 0.6) is 0 Å². The van der Waals surface area contributed by atoms with Gasteiger partial charge in [0.15, 0.2) is 5.82 Å². The molecule has 3 aliphatic heterocycles. The number of pyridine rings is 1. The number of nitrogens with one attached hydrogen (secondary N) is 3. The van der Waals surface area contributed by atoms with Gasteiger partial charge in [-0.25, -0.2) is 15.0 Å². The van der Waals surface area contributed by atoms with E-state index in [0.717, 1.165) is 59.4 Å². The number of nitrogens with zero attached hydrogens (tertiary/aromatic N) is 5.